The van der Waals surface area contributed by atoms with Gasteiger partial charge in [-0.1, -0.05) is 11.2 Å². The van der Waals surface area contributed by atoms with Crippen LogP contribution >= 0.6 is 0 Å². The molecule has 0 bridgehead atoms. The van der Waals surface area contributed by atoms with E-state index in [2.05, 4.69) is 20.2 Å². The molecule has 0 fully saturated rings. The fourth-order valence-corrected chi connectivity index (χ4v) is 4.47. The molecule has 0 aliphatic rings. The summed E-state index contributed by atoms with van der Waals surface area (Å²) in [6, 6.07) is 6.20. The molecular formula is C24H21F3N6O. The molecule has 5 heterocycles. The minimum Gasteiger partial charge on any atom is -0.361 e. The summed E-state index contributed by atoms with van der Waals surface area (Å²) < 4.78 is 52.1. The molecule has 0 aliphatic heterocycles. The number of halogens is 3. The van der Waals surface area contributed by atoms with Crippen LogP contribution in [0.2, 0.25) is 0 Å². The fourth-order valence-electron chi connectivity index (χ4n) is 4.47. The van der Waals surface area contributed by atoms with Gasteiger partial charge < -0.3 is 9.09 Å². The van der Waals surface area contributed by atoms with Crippen molar-refractivity contribution < 1.29 is 17.7 Å². The number of alkyl halides is 3. The second kappa shape index (κ2) is 7.82. The van der Waals surface area contributed by atoms with Gasteiger partial charge in [0, 0.05) is 47.9 Å². The Morgan fingerprint density at radius 2 is 1.82 bits per heavy atom. The Morgan fingerprint density at radius 1 is 1.03 bits per heavy atom. The van der Waals surface area contributed by atoms with Crippen LogP contribution in [0.15, 0.2) is 53.6 Å². The normalized spacial score (nSPS) is 13.0. The van der Waals surface area contributed by atoms with Gasteiger partial charge in [0.05, 0.1) is 34.7 Å². The average Bonchev–Trinajstić information content (AvgIpc) is 3.48. The Bertz CT molecular complexity index is 1480. The lowest BCUT2D eigenvalue weighted by atomic mass is 10.0. The summed E-state index contributed by atoms with van der Waals surface area (Å²) in [5.41, 5.74) is 2.58. The van der Waals surface area contributed by atoms with Crippen LogP contribution < -0.4 is 0 Å². The van der Waals surface area contributed by atoms with Gasteiger partial charge in [0.15, 0.2) is 0 Å². The van der Waals surface area contributed by atoms with Crippen molar-refractivity contribution in [3.8, 4) is 22.3 Å². The predicted molar refractivity (Wildman–Crippen MR) is 120 cm³/mol. The van der Waals surface area contributed by atoms with E-state index in [0.717, 1.165) is 0 Å². The summed E-state index contributed by atoms with van der Waals surface area (Å²) >= 11 is 0. The van der Waals surface area contributed by atoms with Gasteiger partial charge in [-0.25, -0.2) is 0 Å². The zero-order chi connectivity index (χ0) is 24.2. The van der Waals surface area contributed by atoms with E-state index in [1.807, 2.05) is 0 Å². The highest BCUT2D eigenvalue weighted by molar-refractivity contribution is 5.97. The fraction of sp³-hybridized carbons (Fsp3) is 0.250. The van der Waals surface area contributed by atoms with Crippen LogP contribution in [0.5, 0.6) is 0 Å². The van der Waals surface area contributed by atoms with Crippen LogP contribution in [0, 0.1) is 13.8 Å². The van der Waals surface area contributed by atoms with E-state index in [1.165, 1.54) is 15.4 Å². The SMILES string of the molecule is Cc1noc(C)c1-c1cnc2c(-c3cnn(C)c3)c(C(F)(F)F)n(C(C)c3ccccn3)c2c1. The number of hydrogen-bond acceptors (Lipinski definition) is 5. The zero-order valence-electron chi connectivity index (χ0n) is 18.9. The highest BCUT2D eigenvalue weighted by Crippen LogP contribution is 2.46. The van der Waals surface area contributed by atoms with Crippen LogP contribution in [-0.2, 0) is 13.2 Å². The molecule has 0 spiro atoms. The zero-order valence-corrected chi connectivity index (χ0v) is 18.9. The summed E-state index contributed by atoms with van der Waals surface area (Å²) in [4.78, 5) is 8.85. The smallest absolute Gasteiger partial charge is 0.361 e. The Kier molecular flexibility index (Phi) is 5.03. The average molecular weight is 466 g/mol. The van der Waals surface area contributed by atoms with Gasteiger partial charge in [-0.15, -0.1) is 0 Å². The van der Waals surface area contributed by atoms with E-state index in [1.54, 1.807) is 70.7 Å². The summed E-state index contributed by atoms with van der Waals surface area (Å²) in [5, 5.41) is 8.08. The molecule has 1 unspecified atom stereocenters. The molecule has 5 rings (SSSR count). The molecule has 174 valence electrons. The van der Waals surface area contributed by atoms with E-state index in [-0.39, 0.29) is 11.1 Å². The minimum absolute atomic E-state index is 0.0105. The molecule has 1 atom stereocenters. The molecule has 0 radical (unpaired) electrons. The number of pyridine rings is 2. The highest BCUT2D eigenvalue weighted by atomic mass is 19.4. The second-order valence-corrected chi connectivity index (χ2v) is 8.22. The molecule has 7 nitrogen and oxygen atoms in total. The van der Waals surface area contributed by atoms with Crippen LogP contribution in [0.3, 0.4) is 0 Å². The summed E-state index contributed by atoms with van der Waals surface area (Å²) in [6.45, 7) is 5.25. The largest absolute Gasteiger partial charge is 0.432 e. The molecule has 0 amide bonds. The van der Waals surface area contributed by atoms with E-state index in [4.69, 9.17) is 4.52 Å². The monoisotopic (exact) mass is 466 g/mol. The molecule has 0 aliphatic carbocycles. The van der Waals surface area contributed by atoms with Crippen molar-refractivity contribution in [1.82, 2.24) is 29.5 Å². The number of hydrogen-bond donors (Lipinski definition) is 0. The summed E-state index contributed by atoms with van der Waals surface area (Å²) in [7, 11) is 1.66. The lowest BCUT2D eigenvalue weighted by Crippen LogP contribution is -2.19. The Hall–Kier alpha value is -3.95. The van der Waals surface area contributed by atoms with Crippen molar-refractivity contribution >= 4 is 11.0 Å². The number of nitrogens with zero attached hydrogens (tertiary/aromatic N) is 6. The molecular weight excluding hydrogens is 445 g/mol. The number of aryl methyl sites for hydroxylation is 3. The molecule has 5 aromatic heterocycles. The first-order valence-electron chi connectivity index (χ1n) is 10.6. The molecule has 0 saturated carbocycles. The summed E-state index contributed by atoms with van der Waals surface area (Å²) in [6.07, 6.45) is 1.45. The van der Waals surface area contributed by atoms with E-state index >= 15 is 0 Å². The van der Waals surface area contributed by atoms with E-state index in [0.29, 0.717) is 39.4 Å². The first-order valence-corrected chi connectivity index (χ1v) is 10.6. The minimum atomic E-state index is -4.65. The van der Waals surface area contributed by atoms with Gasteiger partial charge in [0.25, 0.3) is 0 Å². The molecule has 10 heteroatoms. The van der Waals surface area contributed by atoms with Crippen molar-refractivity contribution in [3.63, 3.8) is 0 Å². The van der Waals surface area contributed by atoms with Crippen LogP contribution in [-0.4, -0.2) is 29.5 Å². The van der Waals surface area contributed by atoms with Crippen molar-refractivity contribution in [3.05, 3.63) is 71.9 Å². The van der Waals surface area contributed by atoms with Crippen molar-refractivity contribution in [2.45, 2.75) is 33.0 Å². The number of aromatic nitrogens is 6. The first kappa shape index (κ1) is 21.9. The van der Waals surface area contributed by atoms with Gasteiger partial charge in [-0.3, -0.25) is 14.6 Å². The Morgan fingerprint density at radius 3 is 2.41 bits per heavy atom. The van der Waals surface area contributed by atoms with Crippen molar-refractivity contribution in [1.29, 1.82) is 0 Å². The molecule has 0 N–H and O–H groups in total. The van der Waals surface area contributed by atoms with Gasteiger partial charge in [0.2, 0.25) is 0 Å². The quantitative estimate of drug-likeness (QED) is 0.338. The third-order valence-electron chi connectivity index (χ3n) is 5.93. The summed E-state index contributed by atoms with van der Waals surface area (Å²) in [5.74, 6) is 0.568. The topological polar surface area (TPSA) is 74.6 Å². The molecule has 5 aromatic rings. The maximum absolute atomic E-state index is 14.7. The van der Waals surface area contributed by atoms with Gasteiger partial charge in [-0.05, 0) is 39.0 Å². The Labute approximate surface area is 192 Å². The highest BCUT2D eigenvalue weighted by Gasteiger charge is 2.42. The second-order valence-electron chi connectivity index (χ2n) is 8.22. The van der Waals surface area contributed by atoms with E-state index in [9.17, 15) is 13.2 Å². The first-order chi connectivity index (χ1) is 16.2. The van der Waals surface area contributed by atoms with Gasteiger partial charge in [0.1, 0.15) is 11.5 Å². The third kappa shape index (κ3) is 3.46. The Balaban J connectivity index is 1.90. The van der Waals surface area contributed by atoms with Gasteiger partial charge in [-0.2, -0.15) is 18.3 Å². The van der Waals surface area contributed by atoms with E-state index < -0.39 is 17.9 Å². The van der Waals surface area contributed by atoms with Crippen LogP contribution in [0.25, 0.3) is 33.3 Å². The van der Waals surface area contributed by atoms with Crippen LogP contribution in [0.4, 0.5) is 13.2 Å². The standard InChI is InChI=1S/C24H21F3N6O/c1-13-20(15(3)34-31-13)16-9-19-22(29-10-16)21(17-11-30-32(4)12-17)23(24(25,26)27)33(19)14(2)18-7-5-6-8-28-18/h5-12,14H,1-4H3. The maximum atomic E-state index is 14.7. The predicted octanol–water partition coefficient (Wildman–Crippen LogP) is 5.73. The van der Waals surface area contributed by atoms with Crippen molar-refractivity contribution in [2.24, 2.45) is 7.05 Å². The maximum Gasteiger partial charge on any atom is 0.432 e. The third-order valence-corrected chi connectivity index (χ3v) is 5.93. The lowest BCUT2D eigenvalue weighted by Gasteiger charge is -2.20. The molecule has 0 saturated heterocycles. The lowest BCUT2D eigenvalue weighted by molar-refractivity contribution is -0.143. The number of rotatable bonds is 4. The molecule has 0 aromatic carbocycles. The van der Waals surface area contributed by atoms with Crippen molar-refractivity contribution in [2.75, 3.05) is 0 Å². The number of fused-ring (bicyclic) bond motifs is 1. The molecule has 34 heavy (non-hydrogen) atoms. The van der Waals surface area contributed by atoms with Gasteiger partial charge >= 0.3 is 6.18 Å². The van der Waals surface area contributed by atoms with Crippen LogP contribution in [0.1, 0.15) is 35.8 Å².